The lowest BCUT2D eigenvalue weighted by Gasteiger charge is -2.23. The molecule has 2 rings (SSSR count). The van der Waals surface area contributed by atoms with E-state index in [1.165, 1.54) is 0 Å². The van der Waals surface area contributed by atoms with E-state index in [1.54, 1.807) is 19.4 Å². The predicted octanol–water partition coefficient (Wildman–Crippen LogP) is -0.0892. The average molecular weight is 249 g/mol. The van der Waals surface area contributed by atoms with Gasteiger partial charge in [0.05, 0.1) is 0 Å². The van der Waals surface area contributed by atoms with Crippen molar-refractivity contribution in [2.45, 2.75) is 25.4 Å². The molecule has 1 atom stereocenters. The van der Waals surface area contributed by atoms with Crippen LogP contribution in [0.1, 0.15) is 18.4 Å². The van der Waals surface area contributed by atoms with Crippen LogP contribution in [0.4, 0.5) is 5.95 Å². The molecule has 6 nitrogen and oxygen atoms in total. The monoisotopic (exact) mass is 249 g/mol. The number of hydrogen-bond donors (Lipinski definition) is 2. The molecular weight excluding hydrogens is 230 g/mol. The quantitative estimate of drug-likeness (QED) is 0.780. The molecule has 1 aromatic rings. The highest BCUT2D eigenvalue weighted by Gasteiger charge is 2.31. The van der Waals surface area contributed by atoms with Gasteiger partial charge >= 0.3 is 0 Å². The Balaban J connectivity index is 2.12. The van der Waals surface area contributed by atoms with Crippen molar-refractivity contribution in [3.05, 3.63) is 18.0 Å². The third-order valence-electron chi connectivity index (χ3n) is 3.13. The summed E-state index contributed by atoms with van der Waals surface area (Å²) in [5.74, 6) is 0.677. The van der Waals surface area contributed by atoms with Gasteiger partial charge in [0.25, 0.3) is 0 Å². The van der Waals surface area contributed by atoms with Gasteiger partial charge in [0.2, 0.25) is 11.9 Å². The van der Waals surface area contributed by atoms with E-state index in [4.69, 9.17) is 0 Å². The van der Waals surface area contributed by atoms with Gasteiger partial charge in [0.1, 0.15) is 6.04 Å². The minimum Gasteiger partial charge on any atom is -0.357 e. The van der Waals surface area contributed by atoms with Gasteiger partial charge in [-0.1, -0.05) is 0 Å². The highest BCUT2D eigenvalue weighted by Crippen LogP contribution is 2.22. The van der Waals surface area contributed by atoms with Crippen molar-refractivity contribution >= 4 is 11.9 Å². The summed E-state index contributed by atoms with van der Waals surface area (Å²) in [6, 6.07) is -0.134. The molecule has 1 aliphatic heterocycles. The first kappa shape index (κ1) is 12.8. The number of aromatic nitrogens is 2. The molecule has 2 N–H and O–H groups in total. The summed E-state index contributed by atoms with van der Waals surface area (Å²) in [6.45, 7) is 1.59. The fraction of sp³-hybridized carbons (Fsp3) is 0.583. The standard InChI is InChI=1S/C12H19N5O/c1-13-6-9-7-15-12(16-8-9)17-5-3-4-10(17)11(18)14-2/h7-8,10,13H,3-6H2,1-2H3,(H,14,18). The van der Waals surface area contributed by atoms with Crippen LogP contribution < -0.4 is 15.5 Å². The van der Waals surface area contributed by atoms with Gasteiger partial charge in [-0.15, -0.1) is 0 Å². The molecule has 1 aliphatic rings. The second kappa shape index (κ2) is 5.77. The molecule has 1 saturated heterocycles. The Morgan fingerprint density at radius 3 is 2.78 bits per heavy atom. The van der Waals surface area contributed by atoms with Crippen LogP contribution >= 0.6 is 0 Å². The Labute approximate surface area is 107 Å². The SMILES string of the molecule is CNCc1cnc(N2CCCC2C(=O)NC)nc1. The fourth-order valence-corrected chi connectivity index (χ4v) is 2.24. The summed E-state index contributed by atoms with van der Waals surface area (Å²) in [7, 11) is 3.55. The zero-order chi connectivity index (χ0) is 13.0. The number of nitrogens with one attached hydrogen (secondary N) is 2. The van der Waals surface area contributed by atoms with Gasteiger partial charge in [0, 0.05) is 38.1 Å². The number of carbonyl (C=O) groups is 1. The maximum absolute atomic E-state index is 11.7. The van der Waals surface area contributed by atoms with Crippen LogP contribution in [0.25, 0.3) is 0 Å². The summed E-state index contributed by atoms with van der Waals surface area (Å²) in [6.07, 6.45) is 5.47. The van der Waals surface area contributed by atoms with Crippen molar-refractivity contribution < 1.29 is 4.79 Å². The number of rotatable bonds is 4. The van der Waals surface area contributed by atoms with Gasteiger partial charge in [0.15, 0.2) is 0 Å². The minimum absolute atomic E-state index is 0.0374. The first-order valence-electron chi connectivity index (χ1n) is 6.20. The summed E-state index contributed by atoms with van der Waals surface area (Å²) in [5, 5.41) is 5.74. The third kappa shape index (κ3) is 2.59. The summed E-state index contributed by atoms with van der Waals surface area (Å²) in [5.41, 5.74) is 1.04. The number of carbonyl (C=O) groups excluding carboxylic acids is 1. The third-order valence-corrected chi connectivity index (χ3v) is 3.13. The van der Waals surface area contributed by atoms with E-state index < -0.39 is 0 Å². The Morgan fingerprint density at radius 1 is 1.44 bits per heavy atom. The Bertz CT molecular complexity index is 405. The van der Waals surface area contributed by atoms with Crippen LogP contribution in [-0.2, 0) is 11.3 Å². The predicted molar refractivity (Wildman–Crippen MR) is 69.2 cm³/mol. The maximum Gasteiger partial charge on any atom is 0.242 e. The van der Waals surface area contributed by atoms with Crippen molar-refractivity contribution in [1.29, 1.82) is 0 Å². The summed E-state index contributed by atoms with van der Waals surface area (Å²) >= 11 is 0. The Morgan fingerprint density at radius 2 is 2.17 bits per heavy atom. The topological polar surface area (TPSA) is 70.2 Å². The van der Waals surface area contributed by atoms with E-state index >= 15 is 0 Å². The molecule has 1 fully saturated rings. The largest absolute Gasteiger partial charge is 0.357 e. The first-order valence-corrected chi connectivity index (χ1v) is 6.20. The lowest BCUT2D eigenvalue weighted by molar-refractivity contribution is -0.121. The molecule has 2 heterocycles. The molecular formula is C12H19N5O. The molecule has 0 radical (unpaired) electrons. The lowest BCUT2D eigenvalue weighted by Crippen LogP contribution is -2.42. The van der Waals surface area contributed by atoms with Crippen LogP contribution in [0.15, 0.2) is 12.4 Å². The zero-order valence-electron chi connectivity index (χ0n) is 10.8. The van der Waals surface area contributed by atoms with Crippen LogP contribution in [0.3, 0.4) is 0 Å². The van der Waals surface area contributed by atoms with Gasteiger partial charge in [-0.2, -0.15) is 0 Å². The molecule has 1 amide bonds. The van der Waals surface area contributed by atoms with Crippen molar-refractivity contribution in [3.63, 3.8) is 0 Å². The Hall–Kier alpha value is -1.69. The molecule has 1 unspecified atom stereocenters. The van der Waals surface area contributed by atoms with Crippen molar-refractivity contribution in [1.82, 2.24) is 20.6 Å². The molecule has 0 aliphatic carbocycles. The van der Waals surface area contributed by atoms with Crippen LogP contribution in [0, 0.1) is 0 Å². The van der Waals surface area contributed by atoms with E-state index in [0.29, 0.717) is 5.95 Å². The van der Waals surface area contributed by atoms with E-state index in [2.05, 4.69) is 20.6 Å². The van der Waals surface area contributed by atoms with Crippen molar-refractivity contribution in [2.75, 3.05) is 25.5 Å². The highest BCUT2D eigenvalue weighted by molar-refractivity contribution is 5.84. The molecule has 98 valence electrons. The van der Waals surface area contributed by atoms with E-state index in [-0.39, 0.29) is 11.9 Å². The number of anilines is 1. The van der Waals surface area contributed by atoms with Gasteiger partial charge in [-0.25, -0.2) is 9.97 Å². The normalized spacial score (nSPS) is 19.0. The molecule has 1 aromatic heterocycles. The molecule has 0 bridgehead atoms. The van der Waals surface area contributed by atoms with Crippen LogP contribution in [0.2, 0.25) is 0 Å². The van der Waals surface area contributed by atoms with E-state index in [0.717, 1.165) is 31.5 Å². The van der Waals surface area contributed by atoms with Crippen LogP contribution in [-0.4, -0.2) is 42.6 Å². The van der Waals surface area contributed by atoms with Crippen molar-refractivity contribution in [2.24, 2.45) is 0 Å². The highest BCUT2D eigenvalue weighted by atomic mass is 16.2. The molecule has 18 heavy (non-hydrogen) atoms. The van der Waals surface area contributed by atoms with Gasteiger partial charge in [-0.3, -0.25) is 4.79 Å². The maximum atomic E-state index is 11.7. The first-order chi connectivity index (χ1) is 8.76. The zero-order valence-corrected chi connectivity index (χ0v) is 10.8. The number of nitrogens with zero attached hydrogens (tertiary/aromatic N) is 3. The minimum atomic E-state index is -0.134. The van der Waals surface area contributed by atoms with Gasteiger partial charge < -0.3 is 15.5 Å². The number of hydrogen-bond acceptors (Lipinski definition) is 5. The smallest absolute Gasteiger partial charge is 0.242 e. The van der Waals surface area contributed by atoms with E-state index in [9.17, 15) is 4.79 Å². The van der Waals surface area contributed by atoms with E-state index in [1.807, 2.05) is 11.9 Å². The molecule has 0 saturated carbocycles. The summed E-state index contributed by atoms with van der Waals surface area (Å²) < 4.78 is 0. The Kier molecular flexibility index (Phi) is 4.09. The second-order valence-electron chi connectivity index (χ2n) is 4.39. The molecule has 0 spiro atoms. The number of likely N-dealkylation sites (N-methyl/N-ethyl adjacent to an activating group) is 1. The fourth-order valence-electron chi connectivity index (χ4n) is 2.24. The van der Waals surface area contributed by atoms with Crippen LogP contribution in [0.5, 0.6) is 0 Å². The summed E-state index contributed by atoms with van der Waals surface area (Å²) in [4.78, 5) is 22.4. The number of amides is 1. The second-order valence-corrected chi connectivity index (χ2v) is 4.39. The molecule has 6 heteroatoms. The average Bonchev–Trinajstić information content (AvgIpc) is 2.88. The van der Waals surface area contributed by atoms with Crippen molar-refractivity contribution in [3.8, 4) is 0 Å². The lowest BCUT2D eigenvalue weighted by atomic mass is 10.2. The molecule has 0 aromatic carbocycles. The van der Waals surface area contributed by atoms with Gasteiger partial charge in [-0.05, 0) is 19.9 Å².